The second kappa shape index (κ2) is 7.45. The predicted molar refractivity (Wildman–Crippen MR) is 69.9 cm³/mol. The minimum Gasteiger partial charge on any atom is -0.481 e. The molecular formula is C13H17BrO3. The number of carboxylic acids is 1. The molecule has 0 saturated carbocycles. The highest BCUT2D eigenvalue weighted by Gasteiger charge is 2.18. The first-order valence-corrected chi connectivity index (χ1v) is 6.51. The summed E-state index contributed by atoms with van der Waals surface area (Å²) in [6.45, 7) is 0.126. The van der Waals surface area contributed by atoms with Gasteiger partial charge in [0.25, 0.3) is 0 Å². The van der Waals surface area contributed by atoms with Crippen LogP contribution in [-0.2, 0) is 11.2 Å². The summed E-state index contributed by atoms with van der Waals surface area (Å²) in [6, 6.07) is 7.68. The molecule has 0 aliphatic carbocycles. The molecule has 1 atom stereocenters. The maximum Gasteiger partial charge on any atom is 0.306 e. The molecule has 1 rings (SSSR count). The van der Waals surface area contributed by atoms with Crippen molar-refractivity contribution in [1.29, 1.82) is 0 Å². The number of aliphatic hydroxyl groups excluding tert-OH is 1. The van der Waals surface area contributed by atoms with Gasteiger partial charge in [-0.1, -0.05) is 40.5 Å². The van der Waals surface area contributed by atoms with Gasteiger partial charge in [0, 0.05) is 11.1 Å². The van der Waals surface area contributed by atoms with Gasteiger partial charge in [-0.2, -0.15) is 0 Å². The quantitative estimate of drug-likeness (QED) is 0.761. The molecule has 0 heterocycles. The molecule has 1 aromatic rings. The molecule has 0 radical (unpaired) electrons. The zero-order valence-electron chi connectivity index (χ0n) is 9.60. The summed E-state index contributed by atoms with van der Waals surface area (Å²) < 4.78 is 0.952. The number of aliphatic carboxylic acids is 1. The minimum atomic E-state index is -0.765. The maximum absolute atomic E-state index is 11.1. The van der Waals surface area contributed by atoms with E-state index in [9.17, 15) is 4.79 Å². The van der Waals surface area contributed by atoms with Gasteiger partial charge in [0.05, 0.1) is 5.92 Å². The molecule has 2 N–H and O–H groups in total. The van der Waals surface area contributed by atoms with Crippen molar-refractivity contribution in [1.82, 2.24) is 0 Å². The summed E-state index contributed by atoms with van der Waals surface area (Å²) in [4.78, 5) is 11.1. The summed E-state index contributed by atoms with van der Waals surface area (Å²) in [6.07, 6.45) is 2.55. The van der Waals surface area contributed by atoms with E-state index in [1.165, 1.54) is 0 Å². The smallest absolute Gasteiger partial charge is 0.306 e. The van der Waals surface area contributed by atoms with E-state index in [0.717, 1.165) is 16.5 Å². The van der Waals surface area contributed by atoms with Gasteiger partial charge in [0.2, 0.25) is 0 Å². The van der Waals surface area contributed by atoms with Gasteiger partial charge < -0.3 is 10.2 Å². The van der Waals surface area contributed by atoms with E-state index in [2.05, 4.69) is 15.9 Å². The SMILES string of the molecule is O=C(O)C(CCCCO)Cc1ccccc1Br. The zero-order valence-corrected chi connectivity index (χ0v) is 11.2. The molecule has 0 saturated heterocycles. The minimum absolute atomic E-state index is 0.126. The average molecular weight is 301 g/mol. The van der Waals surface area contributed by atoms with Crippen molar-refractivity contribution in [3.63, 3.8) is 0 Å². The third-order valence-corrected chi connectivity index (χ3v) is 3.51. The van der Waals surface area contributed by atoms with Gasteiger partial charge in [-0.3, -0.25) is 4.79 Å². The Morgan fingerprint density at radius 2 is 2.00 bits per heavy atom. The standard InChI is InChI=1S/C13H17BrO3/c14-12-7-2-1-5-10(12)9-11(13(16)17)6-3-4-8-15/h1-2,5,7,11,15H,3-4,6,8-9H2,(H,16,17). The fourth-order valence-corrected chi connectivity index (χ4v) is 2.19. The average Bonchev–Trinajstić information content (AvgIpc) is 2.30. The van der Waals surface area contributed by atoms with Crippen LogP contribution in [0.5, 0.6) is 0 Å². The van der Waals surface area contributed by atoms with Crippen molar-refractivity contribution in [2.75, 3.05) is 6.61 Å². The van der Waals surface area contributed by atoms with Gasteiger partial charge in [0.1, 0.15) is 0 Å². The Morgan fingerprint density at radius 3 is 2.59 bits per heavy atom. The van der Waals surface area contributed by atoms with Crippen LogP contribution < -0.4 is 0 Å². The van der Waals surface area contributed by atoms with Crippen LogP contribution in [0.2, 0.25) is 0 Å². The lowest BCUT2D eigenvalue weighted by Crippen LogP contribution is -2.16. The summed E-state index contributed by atoms with van der Waals surface area (Å²) in [7, 11) is 0. The monoisotopic (exact) mass is 300 g/mol. The van der Waals surface area contributed by atoms with Gasteiger partial charge in [-0.25, -0.2) is 0 Å². The summed E-state index contributed by atoms with van der Waals surface area (Å²) in [5.74, 6) is -1.14. The normalized spacial score (nSPS) is 12.4. The second-order valence-electron chi connectivity index (χ2n) is 4.05. The third-order valence-electron chi connectivity index (χ3n) is 2.73. The number of benzene rings is 1. The van der Waals surface area contributed by atoms with Crippen LogP contribution in [-0.4, -0.2) is 22.8 Å². The lowest BCUT2D eigenvalue weighted by Gasteiger charge is -2.13. The lowest BCUT2D eigenvalue weighted by atomic mass is 9.94. The van der Waals surface area contributed by atoms with Crippen molar-refractivity contribution >= 4 is 21.9 Å². The molecular weight excluding hydrogens is 284 g/mol. The molecule has 0 aromatic heterocycles. The van der Waals surface area contributed by atoms with Crippen LogP contribution in [0.3, 0.4) is 0 Å². The first-order valence-electron chi connectivity index (χ1n) is 5.72. The van der Waals surface area contributed by atoms with Crippen LogP contribution in [0.25, 0.3) is 0 Å². The Balaban J connectivity index is 2.61. The van der Waals surface area contributed by atoms with Crippen LogP contribution in [0.4, 0.5) is 0 Å². The van der Waals surface area contributed by atoms with Gasteiger partial charge in [-0.15, -0.1) is 0 Å². The van der Waals surface area contributed by atoms with Crippen molar-refractivity contribution in [2.24, 2.45) is 5.92 Å². The summed E-state index contributed by atoms with van der Waals surface area (Å²) >= 11 is 3.42. The summed E-state index contributed by atoms with van der Waals surface area (Å²) in [5.41, 5.74) is 1.02. The Morgan fingerprint density at radius 1 is 1.29 bits per heavy atom. The fourth-order valence-electron chi connectivity index (χ4n) is 1.74. The van der Waals surface area contributed by atoms with E-state index in [1.54, 1.807) is 0 Å². The van der Waals surface area contributed by atoms with Gasteiger partial charge >= 0.3 is 5.97 Å². The van der Waals surface area contributed by atoms with E-state index in [1.807, 2.05) is 24.3 Å². The molecule has 4 heteroatoms. The predicted octanol–water partition coefficient (Wildman–Crippen LogP) is 2.86. The number of rotatable bonds is 7. The highest BCUT2D eigenvalue weighted by atomic mass is 79.9. The van der Waals surface area contributed by atoms with E-state index >= 15 is 0 Å². The maximum atomic E-state index is 11.1. The van der Waals surface area contributed by atoms with E-state index in [0.29, 0.717) is 19.3 Å². The number of aliphatic hydroxyl groups is 1. The van der Waals surface area contributed by atoms with Crippen molar-refractivity contribution in [3.8, 4) is 0 Å². The van der Waals surface area contributed by atoms with Crippen LogP contribution in [0.1, 0.15) is 24.8 Å². The number of halogens is 1. The molecule has 1 unspecified atom stereocenters. The molecule has 1 aromatic carbocycles. The number of carbonyl (C=O) groups is 1. The van der Waals surface area contributed by atoms with Crippen molar-refractivity contribution < 1.29 is 15.0 Å². The first-order chi connectivity index (χ1) is 8.15. The zero-order chi connectivity index (χ0) is 12.7. The van der Waals surface area contributed by atoms with E-state index in [-0.39, 0.29) is 12.5 Å². The highest BCUT2D eigenvalue weighted by molar-refractivity contribution is 9.10. The van der Waals surface area contributed by atoms with Crippen LogP contribution in [0, 0.1) is 5.92 Å². The van der Waals surface area contributed by atoms with E-state index in [4.69, 9.17) is 10.2 Å². The molecule has 0 bridgehead atoms. The molecule has 0 aliphatic heterocycles. The topological polar surface area (TPSA) is 57.5 Å². The number of unbranched alkanes of at least 4 members (excludes halogenated alkanes) is 1. The van der Waals surface area contributed by atoms with Crippen LogP contribution in [0.15, 0.2) is 28.7 Å². The molecule has 0 aliphatic rings. The molecule has 3 nitrogen and oxygen atoms in total. The molecule has 0 spiro atoms. The Hall–Kier alpha value is -0.870. The number of hydrogen-bond donors (Lipinski definition) is 2. The third kappa shape index (κ3) is 4.88. The Kier molecular flexibility index (Phi) is 6.22. The van der Waals surface area contributed by atoms with Crippen molar-refractivity contribution in [2.45, 2.75) is 25.7 Å². The lowest BCUT2D eigenvalue weighted by molar-refractivity contribution is -0.142. The molecule has 0 amide bonds. The van der Waals surface area contributed by atoms with Gasteiger partial charge in [0.15, 0.2) is 0 Å². The van der Waals surface area contributed by atoms with Crippen LogP contribution >= 0.6 is 15.9 Å². The van der Waals surface area contributed by atoms with E-state index < -0.39 is 5.97 Å². The highest BCUT2D eigenvalue weighted by Crippen LogP contribution is 2.22. The summed E-state index contributed by atoms with van der Waals surface area (Å²) in [5, 5.41) is 17.8. The second-order valence-corrected chi connectivity index (χ2v) is 4.90. The number of carboxylic acid groups (broad SMARTS) is 1. The largest absolute Gasteiger partial charge is 0.481 e. The molecule has 17 heavy (non-hydrogen) atoms. The van der Waals surface area contributed by atoms with Crippen molar-refractivity contribution in [3.05, 3.63) is 34.3 Å². The first kappa shape index (κ1) is 14.2. The number of hydrogen-bond acceptors (Lipinski definition) is 2. The molecule has 94 valence electrons. The Labute approximate surface area is 110 Å². The van der Waals surface area contributed by atoms with Gasteiger partial charge in [-0.05, 0) is 30.9 Å². The fraction of sp³-hybridized carbons (Fsp3) is 0.462. The molecule has 0 fully saturated rings. The Bertz CT molecular complexity index is 365.